The summed E-state index contributed by atoms with van der Waals surface area (Å²) in [5.74, 6) is 0.146. The molecule has 0 bridgehead atoms. The molecule has 2 amide bonds. The molecule has 1 atom stereocenters. The molecule has 11 heteroatoms. The van der Waals surface area contributed by atoms with E-state index in [0.29, 0.717) is 29.3 Å². The summed E-state index contributed by atoms with van der Waals surface area (Å²) in [6.07, 6.45) is 11.7. The van der Waals surface area contributed by atoms with Crippen LogP contribution in [0.5, 0.6) is 0 Å². The fraction of sp³-hybridized carbons (Fsp3) is 0.391. The van der Waals surface area contributed by atoms with Gasteiger partial charge in [-0.15, -0.1) is 11.3 Å². The van der Waals surface area contributed by atoms with E-state index in [9.17, 15) is 9.59 Å². The van der Waals surface area contributed by atoms with Gasteiger partial charge in [0.15, 0.2) is 0 Å². The van der Waals surface area contributed by atoms with E-state index in [1.54, 1.807) is 28.2 Å². The van der Waals surface area contributed by atoms with Crippen molar-refractivity contribution in [1.82, 2.24) is 40.7 Å². The Kier molecular flexibility index (Phi) is 5.22. The lowest BCUT2D eigenvalue weighted by Crippen LogP contribution is -2.45. The summed E-state index contributed by atoms with van der Waals surface area (Å²) in [5, 5.41) is 21.2. The maximum Gasteiger partial charge on any atom is 0.260 e. The topological polar surface area (TPSA) is 117 Å². The number of amides is 2. The maximum absolute atomic E-state index is 13.2. The molecule has 6 heterocycles. The first-order valence-electron chi connectivity index (χ1n) is 11.6. The van der Waals surface area contributed by atoms with Gasteiger partial charge in [-0.25, -0.2) is 4.52 Å². The van der Waals surface area contributed by atoms with E-state index >= 15 is 0 Å². The minimum atomic E-state index is -0.225. The van der Waals surface area contributed by atoms with Crippen LogP contribution >= 0.6 is 11.3 Å². The molecule has 3 aliphatic heterocycles. The highest BCUT2D eigenvalue weighted by Gasteiger charge is 2.24. The Morgan fingerprint density at radius 3 is 2.94 bits per heavy atom. The first-order valence-corrected chi connectivity index (χ1v) is 12.4. The van der Waals surface area contributed by atoms with Crippen LogP contribution in [0.15, 0.2) is 42.3 Å². The molecular formula is C23H26N8O2S. The van der Waals surface area contributed by atoms with Gasteiger partial charge in [0.05, 0.1) is 34.6 Å². The van der Waals surface area contributed by atoms with E-state index in [4.69, 9.17) is 0 Å². The van der Waals surface area contributed by atoms with Crippen LogP contribution in [0, 0.1) is 5.92 Å². The minimum absolute atomic E-state index is 0.0212. The van der Waals surface area contributed by atoms with Crippen LogP contribution in [0.1, 0.15) is 35.8 Å². The summed E-state index contributed by atoms with van der Waals surface area (Å²) < 4.78 is 3.81. The van der Waals surface area contributed by atoms with Crippen LogP contribution in [0.2, 0.25) is 0 Å². The van der Waals surface area contributed by atoms with Gasteiger partial charge in [0.2, 0.25) is 5.91 Å². The molecule has 4 N–H and O–H groups in total. The second-order valence-electron chi connectivity index (χ2n) is 9.05. The summed E-state index contributed by atoms with van der Waals surface area (Å²) in [4.78, 5) is 27.3. The van der Waals surface area contributed by atoms with E-state index in [1.165, 1.54) is 5.69 Å². The highest BCUT2D eigenvalue weighted by Crippen LogP contribution is 2.34. The van der Waals surface area contributed by atoms with Gasteiger partial charge in [0, 0.05) is 42.3 Å². The molecule has 3 aromatic rings. The van der Waals surface area contributed by atoms with Gasteiger partial charge in [-0.3, -0.25) is 14.3 Å². The molecule has 176 valence electrons. The minimum Gasteiger partial charge on any atom is -0.381 e. The summed E-state index contributed by atoms with van der Waals surface area (Å²) in [7, 11) is 0. The second kappa shape index (κ2) is 8.41. The summed E-state index contributed by atoms with van der Waals surface area (Å²) in [5.41, 5.74) is 4.22. The quantitative estimate of drug-likeness (QED) is 0.425. The molecule has 0 aliphatic carbocycles. The molecule has 1 saturated heterocycles. The third-order valence-corrected chi connectivity index (χ3v) is 7.73. The Balaban J connectivity index is 1.18. The molecular weight excluding hydrogens is 452 g/mol. The van der Waals surface area contributed by atoms with E-state index in [0.717, 1.165) is 47.7 Å². The number of thiazole rings is 1. The number of carbonyl (C=O) groups is 2. The van der Waals surface area contributed by atoms with Crippen molar-refractivity contribution in [3.8, 4) is 10.4 Å². The Labute approximate surface area is 200 Å². The number of fused-ring (bicyclic) bond motifs is 2. The molecule has 0 saturated carbocycles. The number of rotatable bonds is 6. The molecule has 0 radical (unpaired) electrons. The van der Waals surface area contributed by atoms with Gasteiger partial charge in [-0.2, -0.15) is 10.2 Å². The smallest absolute Gasteiger partial charge is 0.260 e. The fourth-order valence-electron chi connectivity index (χ4n) is 4.56. The Hall–Kier alpha value is -3.44. The number of aromatic nitrogens is 4. The third-order valence-electron chi connectivity index (χ3n) is 6.59. The number of nitrogens with one attached hydrogen (secondary N) is 4. The molecule has 10 nitrogen and oxygen atoms in total. The van der Waals surface area contributed by atoms with Crippen LogP contribution < -0.4 is 21.3 Å². The molecule has 1 fully saturated rings. The zero-order valence-corrected chi connectivity index (χ0v) is 19.6. The van der Waals surface area contributed by atoms with Gasteiger partial charge in [0.1, 0.15) is 4.83 Å². The predicted octanol–water partition coefficient (Wildman–Crippen LogP) is 1.38. The van der Waals surface area contributed by atoms with Gasteiger partial charge >= 0.3 is 0 Å². The van der Waals surface area contributed by atoms with Crippen molar-refractivity contribution < 1.29 is 9.59 Å². The van der Waals surface area contributed by atoms with Gasteiger partial charge in [0.25, 0.3) is 5.91 Å². The zero-order valence-electron chi connectivity index (χ0n) is 18.8. The van der Waals surface area contributed by atoms with Gasteiger partial charge < -0.3 is 21.3 Å². The van der Waals surface area contributed by atoms with Crippen LogP contribution in [-0.2, 0) is 17.8 Å². The number of aryl methyl sites for hydroxylation is 1. The number of nitrogens with zero attached hydrogens (tertiary/aromatic N) is 4. The fourth-order valence-corrected chi connectivity index (χ4v) is 5.65. The van der Waals surface area contributed by atoms with Crippen molar-refractivity contribution in [3.63, 3.8) is 0 Å². The maximum atomic E-state index is 13.2. The number of dihydropyridines is 1. The van der Waals surface area contributed by atoms with Crippen molar-refractivity contribution in [3.05, 3.63) is 53.5 Å². The molecule has 0 spiro atoms. The molecule has 1 unspecified atom stereocenters. The summed E-state index contributed by atoms with van der Waals surface area (Å²) in [6, 6.07) is -0.0969. The first-order chi connectivity index (χ1) is 16.5. The highest BCUT2D eigenvalue weighted by atomic mass is 32.1. The van der Waals surface area contributed by atoms with E-state index < -0.39 is 0 Å². The monoisotopic (exact) mass is 478 g/mol. The standard InChI is InChI=1S/C23H26N8O2S/c1-13-18(6-15(9-25-13)28-21(32)5-14-7-24-8-14)29-22(33)17-11-27-31-12-20(34-23(17)31)16-10-26-30-4-2-3-19(16)30/h6,9-14,24-25H,2-5,7-8H2,1H3,(H,28,32)(H,29,33). The molecule has 0 aromatic carbocycles. The molecule has 3 aromatic heterocycles. The number of allylic oxidation sites excluding steroid dienone is 1. The van der Waals surface area contributed by atoms with Crippen molar-refractivity contribution in [2.45, 2.75) is 38.8 Å². The van der Waals surface area contributed by atoms with Crippen molar-refractivity contribution >= 4 is 28.0 Å². The average molecular weight is 479 g/mol. The van der Waals surface area contributed by atoms with Crippen LogP contribution in [0.3, 0.4) is 0 Å². The Morgan fingerprint density at radius 1 is 1.24 bits per heavy atom. The number of hydrogen-bond acceptors (Lipinski definition) is 7. The van der Waals surface area contributed by atoms with E-state index in [1.807, 2.05) is 25.4 Å². The van der Waals surface area contributed by atoms with Crippen molar-refractivity contribution in [2.24, 2.45) is 5.92 Å². The lowest BCUT2D eigenvalue weighted by Gasteiger charge is -2.27. The summed E-state index contributed by atoms with van der Waals surface area (Å²) >= 11 is 1.55. The van der Waals surface area contributed by atoms with Crippen LogP contribution in [0.25, 0.3) is 15.3 Å². The zero-order chi connectivity index (χ0) is 23.2. The van der Waals surface area contributed by atoms with Crippen LogP contribution in [0.4, 0.5) is 0 Å². The second-order valence-corrected chi connectivity index (χ2v) is 10.1. The molecule has 6 rings (SSSR count). The Bertz CT molecular complexity index is 1340. The Morgan fingerprint density at radius 2 is 2.12 bits per heavy atom. The van der Waals surface area contributed by atoms with Crippen molar-refractivity contribution in [2.75, 3.05) is 13.1 Å². The SMILES string of the molecule is CC1NC=C(NC(=O)CC2CNC2)C=C1NC(=O)c1cnn2cc(-c3cnn4c3CCC4)sc12. The lowest BCUT2D eigenvalue weighted by atomic mass is 9.99. The number of hydrogen-bond donors (Lipinski definition) is 4. The van der Waals surface area contributed by atoms with Gasteiger partial charge in [-0.1, -0.05) is 0 Å². The van der Waals surface area contributed by atoms with Crippen molar-refractivity contribution in [1.29, 1.82) is 0 Å². The molecule has 34 heavy (non-hydrogen) atoms. The summed E-state index contributed by atoms with van der Waals surface area (Å²) in [6.45, 7) is 4.68. The van der Waals surface area contributed by atoms with E-state index in [-0.39, 0.29) is 17.9 Å². The highest BCUT2D eigenvalue weighted by molar-refractivity contribution is 7.21. The molecule has 3 aliphatic rings. The largest absolute Gasteiger partial charge is 0.381 e. The average Bonchev–Trinajstić information content (AvgIpc) is 3.53. The normalized spacial score (nSPS) is 19.7. The van der Waals surface area contributed by atoms with Crippen LogP contribution in [-0.4, -0.2) is 50.3 Å². The third kappa shape index (κ3) is 3.80. The van der Waals surface area contributed by atoms with Gasteiger partial charge in [-0.05, 0) is 44.8 Å². The van der Waals surface area contributed by atoms with E-state index in [2.05, 4.69) is 36.1 Å². The first kappa shape index (κ1) is 21.1. The predicted molar refractivity (Wildman–Crippen MR) is 128 cm³/mol. The number of carbonyl (C=O) groups excluding carboxylic acids is 2. The lowest BCUT2D eigenvalue weighted by molar-refractivity contribution is -0.121.